The lowest BCUT2D eigenvalue weighted by Gasteiger charge is -2.33. The fourth-order valence-electron chi connectivity index (χ4n) is 2.74. The van der Waals surface area contributed by atoms with Gasteiger partial charge in [0.2, 0.25) is 11.7 Å². The van der Waals surface area contributed by atoms with E-state index in [-0.39, 0.29) is 6.10 Å². The molecule has 3 heterocycles. The number of morpholine rings is 1. The number of fused-ring (bicyclic) bond motifs is 1. The van der Waals surface area contributed by atoms with Crippen molar-refractivity contribution in [2.45, 2.75) is 51.4 Å². The number of ether oxygens (including phenoxy) is 1. The SMILES string of the molecule is CC(C)NCc1nc(C2CN3CCCC3CO2)no1. The average molecular weight is 266 g/mol. The van der Waals surface area contributed by atoms with Gasteiger partial charge in [-0.15, -0.1) is 0 Å². The summed E-state index contributed by atoms with van der Waals surface area (Å²) in [4.78, 5) is 6.91. The van der Waals surface area contributed by atoms with Gasteiger partial charge in [0.1, 0.15) is 6.10 Å². The van der Waals surface area contributed by atoms with Gasteiger partial charge in [0.25, 0.3) is 0 Å². The highest BCUT2D eigenvalue weighted by Gasteiger charge is 2.34. The Morgan fingerprint density at radius 2 is 2.37 bits per heavy atom. The van der Waals surface area contributed by atoms with Crippen LogP contribution in [0.1, 0.15) is 44.5 Å². The van der Waals surface area contributed by atoms with Crippen LogP contribution in [0, 0.1) is 0 Å². The van der Waals surface area contributed by atoms with Crippen molar-refractivity contribution in [3.8, 4) is 0 Å². The second kappa shape index (κ2) is 5.56. The monoisotopic (exact) mass is 266 g/mol. The molecule has 0 amide bonds. The Morgan fingerprint density at radius 3 is 3.21 bits per heavy atom. The van der Waals surface area contributed by atoms with Crippen LogP contribution in [0.15, 0.2) is 4.52 Å². The van der Waals surface area contributed by atoms with Crippen LogP contribution < -0.4 is 5.32 Å². The summed E-state index contributed by atoms with van der Waals surface area (Å²) in [7, 11) is 0. The van der Waals surface area contributed by atoms with Crippen molar-refractivity contribution in [1.82, 2.24) is 20.4 Å². The quantitative estimate of drug-likeness (QED) is 0.880. The smallest absolute Gasteiger partial charge is 0.240 e. The Morgan fingerprint density at radius 1 is 1.47 bits per heavy atom. The molecule has 6 heteroatoms. The van der Waals surface area contributed by atoms with Crippen molar-refractivity contribution >= 4 is 0 Å². The first-order chi connectivity index (χ1) is 9.22. The number of nitrogens with zero attached hydrogens (tertiary/aromatic N) is 3. The Balaban J connectivity index is 1.59. The molecule has 2 unspecified atom stereocenters. The second-order valence-electron chi connectivity index (χ2n) is 5.69. The standard InChI is InChI=1S/C13H22N4O2/c1-9(2)14-6-12-15-13(16-19-12)11-7-17-5-3-4-10(17)8-18-11/h9-11,14H,3-8H2,1-2H3. The van der Waals surface area contributed by atoms with Crippen LogP contribution >= 0.6 is 0 Å². The van der Waals surface area contributed by atoms with Crippen molar-refractivity contribution in [2.75, 3.05) is 19.7 Å². The molecule has 0 radical (unpaired) electrons. The lowest BCUT2D eigenvalue weighted by atomic mass is 10.2. The molecule has 2 saturated heterocycles. The first-order valence-electron chi connectivity index (χ1n) is 7.14. The van der Waals surface area contributed by atoms with E-state index < -0.39 is 0 Å². The van der Waals surface area contributed by atoms with Crippen LogP contribution in [0.25, 0.3) is 0 Å². The summed E-state index contributed by atoms with van der Waals surface area (Å²) >= 11 is 0. The zero-order chi connectivity index (χ0) is 13.2. The predicted molar refractivity (Wildman–Crippen MR) is 69.6 cm³/mol. The predicted octanol–water partition coefficient (Wildman–Crippen LogP) is 1.10. The molecule has 19 heavy (non-hydrogen) atoms. The number of hydrogen-bond donors (Lipinski definition) is 1. The van der Waals surface area contributed by atoms with Gasteiger partial charge in [-0.3, -0.25) is 4.90 Å². The number of rotatable bonds is 4. The van der Waals surface area contributed by atoms with Gasteiger partial charge in [0.05, 0.1) is 13.2 Å². The average Bonchev–Trinajstić information content (AvgIpc) is 3.04. The van der Waals surface area contributed by atoms with Crippen molar-refractivity contribution in [3.05, 3.63) is 11.7 Å². The number of nitrogens with one attached hydrogen (secondary N) is 1. The van der Waals surface area contributed by atoms with Crippen molar-refractivity contribution in [1.29, 1.82) is 0 Å². The van der Waals surface area contributed by atoms with Crippen LogP contribution in [0.3, 0.4) is 0 Å². The van der Waals surface area contributed by atoms with E-state index in [9.17, 15) is 0 Å². The highest BCUT2D eigenvalue weighted by atomic mass is 16.5. The molecule has 0 saturated carbocycles. The molecular weight excluding hydrogens is 244 g/mol. The van der Waals surface area contributed by atoms with Gasteiger partial charge in [0.15, 0.2) is 0 Å². The number of hydrogen-bond acceptors (Lipinski definition) is 6. The van der Waals surface area contributed by atoms with Crippen LogP contribution in [-0.2, 0) is 11.3 Å². The molecule has 0 bridgehead atoms. The molecular formula is C13H22N4O2. The maximum Gasteiger partial charge on any atom is 0.240 e. The Kier molecular flexibility index (Phi) is 3.81. The summed E-state index contributed by atoms with van der Waals surface area (Å²) in [6, 6.07) is 1.01. The second-order valence-corrected chi connectivity index (χ2v) is 5.69. The van der Waals surface area contributed by atoms with Crippen molar-refractivity contribution in [2.24, 2.45) is 0 Å². The third kappa shape index (κ3) is 2.96. The molecule has 2 aliphatic heterocycles. The molecule has 1 N–H and O–H groups in total. The lowest BCUT2D eigenvalue weighted by molar-refractivity contribution is -0.0548. The highest BCUT2D eigenvalue weighted by molar-refractivity contribution is 4.97. The van der Waals surface area contributed by atoms with E-state index in [1.54, 1.807) is 0 Å². The van der Waals surface area contributed by atoms with E-state index in [1.807, 2.05) is 0 Å². The summed E-state index contributed by atoms with van der Waals surface area (Å²) in [5, 5.41) is 7.32. The van der Waals surface area contributed by atoms with E-state index >= 15 is 0 Å². The summed E-state index contributed by atoms with van der Waals surface area (Å²) in [5.74, 6) is 1.32. The first-order valence-corrected chi connectivity index (χ1v) is 7.14. The minimum Gasteiger partial charge on any atom is -0.367 e. The molecule has 0 spiro atoms. The molecule has 1 aromatic rings. The van der Waals surface area contributed by atoms with E-state index in [1.165, 1.54) is 19.4 Å². The van der Waals surface area contributed by atoms with Crippen LogP contribution in [-0.4, -0.2) is 46.8 Å². The van der Waals surface area contributed by atoms with Gasteiger partial charge >= 0.3 is 0 Å². The maximum absolute atomic E-state index is 5.87. The fraction of sp³-hybridized carbons (Fsp3) is 0.846. The molecule has 6 nitrogen and oxygen atoms in total. The van der Waals surface area contributed by atoms with Gasteiger partial charge < -0.3 is 14.6 Å². The number of aromatic nitrogens is 2. The van der Waals surface area contributed by atoms with Gasteiger partial charge in [-0.1, -0.05) is 19.0 Å². The van der Waals surface area contributed by atoms with Crippen molar-refractivity contribution < 1.29 is 9.26 Å². The van der Waals surface area contributed by atoms with E-state index in [2.05, 4.69) is 34.2 Å². The minimum absolute atomic E-state index is 0.0362. The van der Waals surface area contributed by atoms with Crippen molar-refractivity contribution in [3.63, 3.8) is 0 Å². The Hall–Kier alpha value is -0.980. The summed E-state index contributed by atoms with van der Waals surface area (Å²) in [5.41, 5.74) is 0. The van der Waals surface area contributed by atoms with Crippen LogP contribution in [0.5, 0.6) is 0 Å². The van der Waals surface area contributed by atoms with Gasteiger partial charge in [-0.2, -0.15) is 4.98 Å². The molecule has 2 aliphatic rings. The zero-order valence-corrected chi connectivity index (χ0v) is 11.6. The van der Waals surface area contributed by atoms with E-state index in [0.29, 0.717) is 30.3 Å². The summed E-state index contributed by atoms with van der Waals surface area (Å²) < 4.78 is 11.1. The van der Waals surface area contributed by atoms with Gasteiger partial charge in [-0.25, -0.2) is 0 Å². The lowest BCUT2D eigenvalue weighted by Crippen LogP contribution is -2.42. The molecule has 2 atom stereocenters. The minimum atomic E-state index is -0.0362. The molecule has 3 rings (SSSR count). The molecule has 0 aliphatic carbocycles. The zero-order valence-electron chi connectivity index (χ0n) is 11.6. The maximum atomic E-state index is 5.87. The fourth-order valence-corrected chi connectivity index (χ4v) is 2.74. The van der Waals surface area contributed by atoms with Gasteiger partial charge in [0, 0.05) is 18.6 Å². The highest BCUT2D eigenvalue weighted by Crippen LogP contribution is 2.28. The molecule has 2 fully saturated rings. The summed E-state index contributed by atoms with van der Waals surface area (Å²) in [6.45, 7) is 7.65. The molecule has 1 aromatic heterocycles. The third-order valence-corrected chi connectivity index (χ3v) is 3.82. The van der Waals surface area contributed by atoms with Gasteiger partial charge in [-0.05, 0) is 19.4 Å². The molecule has 0 aromatic carbocycles. The van der Waals surface area contributed by atoms with Crippen LogP contribution in [0.4, 0.5) is 0 Å². The van der Waals surface area contributed by atoms with Crippen LogP contribution in [0.2, 0.25) is 0 Å². The van der Waals surface area contributed by atoms with E-state index in [0.717, 1.165) is 13.2 Å². The topological polar surface area (TPSA) is 63.4 Å². The largest absolute Gasteiger partial charge is 0.367 e. The summed E-state index contributed by atoms with van der Waals surface area (Å²) in [6.07, 6.45) is 2.49. The normalized spacial score (nSPS) is 27.9. The Labute approximate surface area is 113 Å². The van der Waals surface area contributed by atoms with E-state index in [4.69, 9.17) is 9.26 Å². The first kappa shape index (κ1) is 13.0. The molecule has 106 valence electrons. The Bertz CT molecular complexity index is 421. The third-order valence-electron chi connectivity index (χ3n) is 3.82.